The quantitative estimate of drug-likeness (QED) is 0.0236. The molecule has 4 aromatic rings. The summed E-state index contributed by atoms with van der Waals surface area (Å²) in [5.74, 6) is -3.51. The van der Waals surface area contributed by atoms with Gasteiger partial charge in [0.1, 0.15) is 12.4 Å². The van der Waals surface area contributed by atoms with Gasteiger partial charge in [0.2, 0.25) is 23.6 Å². The summed E-state index contributed by atoms with van der Waals surface area (Å²) in [7, 11) is 8.60. The number of anilines is 1. The molecule has 5 rings (SSSR count). The summed E-state index contributed by atoms with van der Waals surface area (Å²) in [5.41, 5.74) is 5.85. The average molecular weight is 1520 g/mol. The van der Waals surface area contributed by atoms with Crippen LogP contribution in [0.2, 0.25) is 0 Å². The van der Waals surface area contributed by atoms with Gasteiger partial charge in [-0.15, -0.1) is 0 Å². The molecular weight excluding hydrogens is 1410 g/mol. The molecule has 554 valence electrons. The molecule has 1 aliphatic heterocycles. The number of nitrogens with one attached hydrogen (secondary N) is 2. The molecule has 2 N–H and O–H groups in total. The second-order valence-electron chi connectivity index (χ2n) is 27.1. The van der Waals surface area contributed by atoms with Crippen LogP contribution in [0.3, 0.4) is 0 Å². The maximum atomic E-state index is 14.6. The first-order chi connectivity index (χ1) is 47.9. The first kappa shape index (κ1) is 84.9. The minimum Gasteiger partial charge on any atom is -0.379 e. The van der Waals surface area contributed by atoms with Gasteiger partial charge in [-0.05, 0) is 99.0 Å². The van der Waals surface area contributed by atoms with Gasteiger partial charge in [-0.2, -0.15) is 0 Å². The Morgan fingerprint density at radius 2 is 1.28 bits per heavy atom. The number of halogens is 2. The molecule has 0 radical (unpaired) electrons. The minimum absolute atomic E-state index is 0.0197. The molecule has 4 amide bonds. The van der Waals surface area contributed by atoms with Crippen LogP contribution in [-0.2, 0) is 90.4 Å². The van der Waals surface area contributed by atoms with E-state index in [1.54, 1.807) is 74.2 Å². The molecule has 0 bridgehead atoms. The number of nitrogens with zero attached hydrogens (tertiary/aromatic N) is 5. The van der Waals surface area contributed by atoms with Gasteiger partial charge in [0.25, 0.3) is 0 Å². The van der Waals surface area contributed by atoms with Crippen LogP contribution in [0, 0.1) is 35.5 Å². The second kappa shape index (κ2) is 44.7. The Kier molecular flexibility index (Phi) is 37.9. The highest BCUT2D eigenvalue weighted by Crippen LogP contribution is 2.32. The molecule has 3 aromatic carbocycles. The summed E-state index contributed by atoms with van der Waals surface area (Å²) < 4.78 is 40.5. The lowest BCUT2D eigenvalue weighted by atomic mass is 9.83. The number of alkyl halides is 2. The number of methoxy groups -OCH3 is 2. The molecule has 2 heterocycles. The molecule has 1 aromatic heterocycles. The Morgan fingerprint density at radius 3 is 1.86 bits per heavy atom. The lowest BCUT2D eigenvalue weighted by Crippen LogP contribution is -2.55. The van der Waals surface area contributed by atoms with Crippen LogP contribution in [0.5, 0.6) is 0 Å². The average Bonchev–Trinajstić information content (AvgIpc) is 1.31. The van der Waals surface area contributed by atoms with Crippen LogP contribution in [0.15, 0.2) is 72.8 Å². The van der Waals surface area contributed by atoms with E-state index >= 15 is 0 Å². The predicted molar refractivity (Wildman–Crippen MR) is 393 cm³/mol. The number of aromatic nitrogens is 2. The zero-order valence-corrected chi connectivity index (χ0v) is 64.4. The van der Waals surface area contributed by atoms with Gasteiger partial charge in [-0.1, -0.05) is 136 Å². The standard InChI is InChI=1S/C76H111Br2N7O15/c1-14-51(6)72(84(11)76(93)59(49(2)3)43-67(88)71(50(4)5)83(9)10)69(94-12)44-70(90)85-31-18-22-65(85)73(95-13)53(8)75(92)82-62(41-54-20-16-15-17-21-54)68(89)48-100-47-55-24-27-57(28-25-55)79-74(91)52(7)40-58(86)30-33-97-35-37-99-39-38-98-36-34-96-32-19-23-66(87)56-26-29-60-61(42-56)81-64(46-78)63(45-77)80-60/h15-17,20-21,24-29,42,49-53,59,62,65,69,71-73H,14,18-19,22-23,30-41,43-48H2,1-13H3,(H,79,91)(H,82,92). The van der Waals surface area contributed by atoms with E-state index in [9.17, 15) is 38.4 Å². The molecule has 0 saturated carbocycles. The molecule has 24 heteroatoms. The van der Waals surface area contributed by atoms with Gasteiger partial charge < -0.3 is 53.6 Å². The van der Waals surface area contributed by atoms with Gasteiger partial charge in [0.05, 0.1) is 124 Å². The lowest BCUT2D eigenvalue weighted by molar-refractivity contribution is -0.149. The summed E-state index contributed by atoms with van der Waals surface area (Å²) in [4.78, 5) is 125. The van der Waals surface area contributed by atoms with Gasteiger partial charge in [-0.3, -0.25) is 43.3 Å². The van der Waals surface area contributed by atoms with Crippen molar-refractivity contribution >= 4 is 95.3 Å². The highest BCUT2D eigenvalue weighted by atomic mass is 79.9. The summed E-state index contributed by atoms with van der Waals surface area (Å²) in [6.45, 7) is 18.5. The Hall–Kier alpha value is -5.80. The summed E-state index contributed by atoms with van der Waals surface area (Å²) in [6, 6.07) is 19.6. The van der Waals surface area contributed by atoms with E-state index in [-0.39, 0.29) is 117 Å². The number of ether oxygens (including phenoxy) is 7. The Bertz CT molecular complexity index is 3210. The number of benzene rings is 3. The fourth-order valence-corrected chi connectivity index (χ4v) is 13.9. The van der Waals surface area contributed by atoms with Crippen molar-refractivity contribution in [2.75, 3.05) is 107 Å². The van der Waals surface area contributed by atoms with Gasteiger partial charge in [-0.25, -0.2) is 9.97 Å². The molecule has 22 nitrogen and oxygen atoms in total. The van der Waals surface area contributed by atoms with Crippen molar-refractivity contribution in [3.8, 4) is 0 Å². The zero-order chi connectivity index (χ0) is 73.4. The topological polar surface area (TPSA) is 261 Å². The molecule has 0 spiro atoms. The smallest absolute Gasteiger partial charge is 0.227 e. The van der Waals surface area contributed by atoms with Crippen LogP contribution >= 0.6 is 31.9 Å². The first-order valence-corrected chi connectivity index (χ1v) is 37.5. The molecule has 1 saturated heterocycles. The van der Waals surface area contributed by atoms with Gasteiger partial charge in [0.15, 0.2) is 17.3 Å². The number of hydrogen-bond donors (Lipinski definition) is 2. The molecule has 1 fully saturated rings. The van der Waals surface area contributed by atoms with E-state index < -0.39 is 54.0 Å². The Balaban J connectivity index is 1.00. The predicted octanol–water partition coefficient (Wildman–Crippen LogP) is 10.6. The van der Waals surface area contributed by atoms with E-state index in [0.717, 1.165) is 28.0 Å². The largest absolute Gasteiger partial charge is 0.379 e. The molecule has 100 heavy (non-hydrogen) atoms. The normalized spacial score (nSPS) is 16.0. The van der Waals surface area contributed by atoms with E-state index in [4.69, 9.17) is 33.2 Å². The third kappa shape index (κ3) is 26.8. The number of carbonyl (C=O) groups excluding carboxylic acids is 8. The summed E-state index contributed by atoms with van der Waals surface area (Å²) in [5, 5.41) is 7.05. The SMILES string of the molecule is CCC(C)C(C(CC(=O)N1CCCC1C(OC)C(C)C(=O)NC(Cc1ccccc1)C(=O)COCc1ccc(NC(=O)C(C)CC(=O)CCOCCOCCOCCOCCCC(=O)c2ccc3nc(CBr)c(CBr)nc3c2)cc1)OC)N(C)C(=O)C(CC(=O)C(C(C)C)N(C)C)C(C)C. The maximum Gasteiger partial charge on any atom is 0.227 e. The molecule has 10 atom stereocenters. The Labute approximate surface area is 609 Å². The van der Waals surface area contributed by atoms with Crippen molar-refractivity contribution in [1.29, 1.82) is 0 Å². The maximum absolute atomic E-state index is 14.6. The first-order valence-electron chi connectivity index (χ1n) is 35.3. The number of likely N-dealkylation sites (tertiary alicyclic amines) is 1. The highest BCUT2D eigenvalue weighted by molar-refractivity contribution is 9.09. The number of fused-ring (bicyclic) bond motifs is 1. The zero-order valence-electron chi connectivity index (χ0n) is 61.2. The van der Waals surface area contributed by atoms with Crippen molar-refractivity contribution in [2.45, 2.75) is 173 Å². The van der Waals surface area contributed by atoms with Crippen LogP contribution in [0.25, 0.3) is 11.0 Å². The summed E-state index contributed by atoms with van der Waals surface area (Å²) >= 11 is 6.91. The number of carbonyl (C=O) groups is 8. The number of likely N-dealkylation sites (N-methyl/N-ethyl adjacent to an activating group) is 2. The number of ketones is 4. The van der Waals surface area contributed by atoms with E-state index in [2.05, 4.69) is 52.5 Å². The number of Topliss-reactive ketones (excluding diaryl/α,β-unsaturated/α-hetero) is 4. The van der Waals surface area contributed by atoms with Crippen molar-refractivity contribution in [2.24, 2.45) is 35.5 Å². The highest BCUT2D eigenvalue weighted by Gasteiger charge is 2.44. The van der Waals surface area contributed by atoms with Crippen LogP contribution < -0.4 is 10.6 Å². The number of amides is 4. The molecule has 0 aliphatic carbocycles. The van der Waals surface area contributed by atoms with Crippen LogP contribution in [0.1, 0.15) is 146 Å². The third-order valence-electron chi connectivity index (χ3n) is 18.8. The van der Waals surface area contributed by atoms with Crippen molar-refractivity contribution < 1.29 is 71.5 Å². The van der Waals surface area contributed by atoms with E-state index in [1.807, 2.05) is 96.9 Å². The van der Waals surface area contributed by atoms with Crippen molar-refractivity contribution in [1.82, 2.24) is 30.0 Å². The fraction of sp³-hybridized carbons (Fsp3) is 0.632. The second-order valence-corrected chi connectivity index (χ2v) is 28.2. The lowest BCUT2D eigenvalue weighted by Gasteiger charge is -2.41. The minimum atomic E-state index is -0.950. The number of rotatable bonds is 49. The molecular formula is C76H111Br2N7O15. The fourth-order valence-electron chi connectivity index (χ4n) is 13.0. The van der Waals surface area contributed by atoms with Crippen LogP contribution in [0.4, 0.5) is 5.69 Å². The van der Waals surface area contributed by atoms with Crippen LogP contribution in [-0.4, -0.2) is 209 Å². The van der Waals surface area contributed by atoms with E-state index in [1.165, 1.54) is 7.11 Å². The number of hydrogen-bond acceptors (Lipinski definition) is 18. The molecule has 1 aliphatic rings. The Morgan fingerprint density at radius 1 is 0.660 bits per heavy atom. The van der Waals surface area contributed by atoms with Crippen molar-refractivity contribution in [3.05, 3.63) is 101 Å². The monoisotopic (exact) mass is 1520 g/mol. The van der Waals surface area contributed by atoms with Crippen molar-refractivity contribution in [3.63, 3.8) is 0 Å². The summed E-state index contributed by atoms with van der Waals surface area (Å²) in [6.07, 6.45) is 2.02. The van der Waals surface area contributed by atoms with Gasteiger partial charge in [0, 0.05) is 93.8 Å². The van der Waals surface area contributed by atoms with E-state index in [0.29, 0.717) is 112 Å². The third-order valence-corrected chi connectivity index (χ3v) is 19.8. The molecule has 10 unspecified atom stereocenters. The van der Waals surface area contributed by atoms with Gasteiger partial charge >= 0.3 is 0 Å².